The minimum Gasteiger partial charge on any atom is -0.485 e. The normalized spacial score (nSPS) is 10.2. The van der Waals surface area contributed by atoms with Gasteiger partial charge in [0.05, 0.1) is 23.3 Å². The molecular weight excluding hydrogens is 328 g/mol. The van der Waals surface area contributed by atoms with Crippen LogP contribution in [0.4, 0.5) is 16.2 Å². The third-order valence-corrected chi connectivity index (χ3v) is 3.65. The maximum Gasteiger partial charge on any atom is 0.323 e. The molecule has 3 rings (SSSR count). The number of hydrogen-bond donors (Lipinski definition) is 2. The molecule has 2 amide bonds. The standard InChI is InChI=1S/C20H20N4O2/c1-14-6-9-19(26-13-17-5-3-4-10-21-17)18(11-14)24-20(25)23-16-8-7-15(2)22-12-16/h3-12H,13H2,1-2H3,(H2,23,24,25). The lowest BCUT2D eigenvalue weighted by Crippen LogP contribution is -2.20. The summed E-state index contributed by atoms with van der Waals surface area (Å²) in [4.78, 5) is 20.7. The zero-order valence-corrected chi connectivity index (χ0v) is 14.7. The Labute approximate surface area is 152 Å². The van der Waals surface area contributed by atoms with Crippen LogP contribution in [0.15, 0.2) is 60.9 Å². The lowest BCUT2D eigenvalue weighted by molar-refractivity contribution is 0.261. The zero-order chi connectivity index (χ0) is 18.4. The second-order valence-electron chi connectivity index (χ2n) is 5.88. The average molecular weight is 348 g/mol. The van der Waals surface area contributed by atoms with E-state index in [1.165, 1.54) is 0 Å². The van der Waals surface area contributed by atoms with Crippen LogP contribution in [0.5, 0.6) is 5.75 Å². The summed E-state index contributed by atoms with van der Waals surface area (Å²) in [5, 5.41) is 5.59. The third kappa shape index (κ3) is 4.80. The first-order chi connectivity index (χ1) is 12.6. The number of urea groups is 1. The molecule has 1 aromatic carbocycles. The van der Waals surface area contributed by atoms with Crippen molar-refractivity contribution in [2.45, 2.75) is 20.5 Å². The van der Waals surface area contributed by atoms with Crippen molar-refractivity contribution >= 4 is 17.4 Å². The first-order valence-electron chi connectivity index (χ1n) is 8.24. The second-order valence-corrected chi connectivity index (χ2v) is 5.88. The fourth-order valence-corrected chi connectivity index (χ4v) is 2.33. The lowest BCUT2D eigenvalue weighted by atomic mass is 10.2. The molecule has 0 aliphatic carbocycles. The molecule has 0 bridgehead atoms. The summed E-state index contributed by atoms with van der Waals surface area (Å²) < 4.78 is 5.83. The van der Waals surface area contributed by atoms with Crippen molar-refractivity contribution < 1.29 is 9.53 Å². The summed E-state index contributed by atoms with van der Waals surface area (Å²) in [5.41, 5.74) is 3.94. The van der Waals surface area contributed by atoms with E-state index in [4.69, 9.17) is 4.74 Å². The predicted octanol–water partition coefficient (Wildman–Crippen LogP) is 4.32. The highest BCUT2D eigenvalue weighted by Crippen LogP contribution is 2.26. The number of anilines is 2. The van der Waals surface area contributed by atoms with E-state index in [1.54, 1.807) is 18.5 Å². The van der Waals surface area contributed by atoms with Crippen molar-refractivity contribution in [1.82, 2.24) is 9.97 Å². The quantitative estimate of drug-likeness (QED) is 0.720. The monoisotopic (exact) mass is 348 g/mol. The number of amides is 2. The molecule has 0 saturated carbocycles. The molecule has 6 nitrogen and oxygen atoms in total. The van der Waals surface area contributed by atoms with Gasteiger partial charge in [-0.25, -0.2) is 4.79 Å². The maximum atomic E-state index is 12.3. The molecule has 6 heteroatoms. The third-order valence-electron chi connectivity index (χ3n) is 3.65. The van der Waals surface area contributed by atoms with Gasteiger partial charge in [-0.3, -0.25) is 9.97 Å². The number of rotatable bonds is 5. The van der Waals surface area contributed by atoms with E-state index in [9.17, 15) is 4.79 Å². The number of nitrogens with zero attached hydrogens (tertiary/aromatic N) is 2. The summed E-state index contributed by atoms with van der Waals surface area (Å²) in [6.45, 7) is 4.17. The van der Waals surface area contributed by atoms with Gasteiger partial charge in [0.25, 0.3) is 0 Å². The molecule has 0 aliphatic heterocycles. The molecule has 2 heterocycles. The minimum atomic E-state index is -0.357. The Balaban J connectivity index is 1.68. The van der Waals surface area contributed by atoms with Gasteiger partial charge in [0.15, 0.2) is 0 Å². The summed E-state index contributed by atoms with van der Waals surface area (Å²) in [7, 11) is 0. The van der Waals surface area contributed by atoms with E-state index in [0.717, 1.165) is 17.0 Å². The van der Waals surface area contributed by atoms with Crippen molar-refractivity contribution in [3.05, 3.63) is 77.9 Å². The summed E-state index contributed by atoms with van der Waals surface area (Å²) >= 11 is 0. The Hall–Kier alpha value is -3.41. The lowest BCUT2D eigenvalue weighted by Gasteiger charge is -2.14. The number of benzene rings is 1. The van der Waals surface area contributed by atoms with Gasteiger partial charge < -0.3 is 15.4 Å². The fraction of sp³-hybridized carbons (Fsp3) is 0.150. The molecule has 0 radical (unpaired) electrons. The molecule has 26 heavy (non-hydrogen) atoms. The van der Waals surface area contributed by atoms with Crippen molar-refractivity contribution in [1.29, 1.82) is 0 Å². The molecule has 0 unspecified atom stereocenters. The van der Waals surface area contributed by atoms with E-state index in [0.29, 0.717) is 23.7 Å². The maximum absolute atomic E-state index is 12.3. The molecule has 0 spiro atoms. The van der Waals surface area contributed by atoms with Crippen LogP contribution in [0.3, 0.4) is 0 Å². The Morgan fingerprint density at radius 3 is 2.65 bits per heavy atom. The Morgan fingerprint density at radius 2 is 1.92 bits per heavy atom. The van der Waals surface area contributed by atoms with Crippen LogP contribution in [-0.2, 0) is 6.61 Å². The van der Waals surface area contributed by atoms with Gasteiger partial charge in [-0.15, -0.1) is 0 Å². The first kappa shape index (κ1) is 17.4. The number of ether oxygens (including phenoxy) is 1. The van der Waals surface area contributed by atoms with E-state index in [-0.39, 0.29) is 6.03 Å². The van der Waals surface area contributed by atoms with Gasteiger partial charge in [0.1, 0.15) is 12.4 Å². The van der Waals surface area contributed by atoms with Gasteiger partial charge in [-0.05, 0) is 55.8 Å². The number of aryl methyl sites for hydroxylation is 2. The van der Waals surface area contributed by atoms with Crippen molar-refractivity contribution in [2.75, 3.05) is 10.6 Å². The van der Waals surface area contributed by atoms with E-state index in [1.807, 2.05) is 56.3 Å². The smallest absolute Gasteiger partial charge is 0.323 e. The highest BCUT2D eigenvalue weighted by Gasteiger charge is 2.09. The second kappa shape index (κ2) is 8.11. The van der Waals surface area contributed by atoms with Crippen molar-refractivity contribution in [2.24, 2.45) is 0 Å². The predicted molar refractivity (Wildman–Crippen MR) is 101 cm³/mol. The van der Waals surface area contributed by atoms with Crippen LogP contribution in [-0.4, -0.2) is 16.0 Å². The van der Waals surface area contributed by atoms with Crippen LogP contribution in [0.25, 0.3) is 0 Å². The van der Waals surface area contributed by atoms with E-state index < -0.39 is 0 Å². The van der Waals surface area contributed by atoms with Crippen LogP contribution in [0.1, 0.15) is 17.0 Å². The summed E-state index contributed by atoms with van der Waals surface area (Å²) in [5.74, 6) is 0.582. The molecule has 0 atom stereocenters. The SMILES string of the molecule is Cc1ccc(OCc2ccccn2)c(NC(=O)Nc2ccc(C)nc2)c1. The topological polar surface area (TPSA) is 76.1 Å². The molecule has 3 aromatic rings. The van der Waals surface area contributed by atoms with Crippen LogP contribution < -0.4 is 15.4 Å². The molecule has 0 saturated heterocycles. The zero-order valence-electron chi connectivity index (χ0n) is 14.7. The van der Waals surface area contributed by atoms with E-state index in [2.05, 4.69) is 20.6 Å². The highest BCUT2D eigenvalue weighted by molar-refractivity contribution is 6.00. The molecular formula is C20H20N4O2. The van der Waals surface area contributed by atoms with Gasteiger partial charge in [-0.2, -0.15) is 0 Å². The average Bonchev–Trinajstić information content (AvgIpc) is 2.64. The van der Waals surface area contributed by atoms with Crippen LogP contribution >= 0.6 is 0 Å². The number of carbonyl (C=O) groups is 1. The van der Waals surface area contributed by atoms with Gasteiger partial charge in [0.2, 0.25) is 0 Å². The van der Waals surface area contributed by atoms with Crippen molar-refractivity contribution in [3.63, 3.8) is 0 Å². The fourth-order valence-electron chi connectivity index (χ4n) is 2.33. The molecule has 2 N–H and O–H groups in total. The van der Waals surface area contributed by atoms with Crippen molar-refractivity contribution in [3.8, 4) is 5.75 Å². The van der Waals surface area contributed by atoms with Gasteiger partial charge in [-0.1, -0.05) is 12.1 Å². The number of aromatic nitrogens is 2. The number of nitrogens with one attached hydrogen (secondary N) is 2. The Bertz CT molecular complexity index is 880. The van der Waals surface area contributed by atoms with Crippen LogP contribution in [0.2, 0.25) is 0 Å². The summed E-state index contributed by atoms with van der Waals surface area (Å²) in [6.07, 6.45) is 3.33. The first-order valence-corrected chi connectivity index (χ1v) is 8.24. The molecule has 0 aliphatic rings. The van der Waals surface area contributed by atoms with E-state index >= 15 is 0 Å². The number of hydrogen-bond acceptors (Lipinski definition) is 4. The summed E-state index contributed by atoms with van der Waals surface area (Å²) in [6, 6.07) is 14.6. The van der Waals surface area contributed by atoms with Gasteiger partial charge in [0, 0.05) is 11.9 Å². The number of pyridine rings is 2. The minimum absolute atomic E-state index is 0.322. The molecule has 2 aromatic heterocycles. The highest BCUT2D eigenvalue weighted by atomic mass is 16.5. The Morgan fingerprint density at radius 1 is 1.04 bits per heavy atom. The van der Waals surface area contributed by atoms with Gasteiger partial charge >= 0.3 is 6.03 Å². The Kier molecular flexibility index (Phi) is 5.43. The largest absolute Gasteiger partial charge is 0.485 e. The van der Waals surface area contributed by atoms with Crippen LogP contribution in [0, 0.1) is 13.8 Å². The number of carbonyl (C=O) groups excluding carboxylic acids is 1. The molecule has 132 valence electrons. The molecule has 0 fully saturated rings.